The number of H-pyrrole nitrogens is 1. The average molecular weight is 321 g/mol. The number of hydrogen-bond donors (Lipinski definition) is 2. The highest BCUT2D eigenvalue weighted by atomic mass is 16.2. The Morgan fingerprint density at radius 2 is 1.75 bits per heavy atom. The first-order valence-corrected chi connectivity index (χ1v) is 7.72. The van der Waals surface area contributed by atoms with Gasteiger partial charge in [0.05, 0.1) is 17.7 Å². The third-order valence-corrected chi connectivity index (χ3v) is 3.86. The SMILES string of the molecule is CN(C)C(=O)c1ccccc1NC(=O)Cc1c[nH]c2ccccc12. The molecule has 0 aliphatic rings. The van der Waals surface area contributed by atoms with E-state index in [9.17, 15) is 9.59 Å². The maximum Gasteiger partial charge on any atom is 0.255 e. The van der Waals surface area contributed by atoms with Crippen LogP contribution in [-0.2, 0) is 11.2 Å². The molecule has 0 atom stereocenters. The summed E-state index contributed by atoms with van der Waals surface area (Å²) in [6.45, 7) is 0. The lowest BCUT2D eigenvalue weighted by Crippen LogP contribution is -2.24. The maximum absolute atomic E-state index is 12.4. The lowest BCUT2D eigenvalue weighted by atomic mass is 10.1. The van der Waals surface area contributed by atoms with Crippen molar-refractivity contribution in [1.82, 2.24) is 9.88 Å². The molecule has 24 heavy (non-hydrogen) atoms. The number of para-hydroxylation sites is 2. The first-order chi connectivity index (χ1) is 11.6. The van der Waals surface area contributed by atoms with Gasteiger partial charge in [-0.25, -0.2) is 0 Å². The summed E-state index contributed by atoms with van der Waals surface area (Å²) in [5, 5.41) is 3.88. The highest BCUT2D eigenvalue weighted by Gasteiger charge is 2.15. The van der Waals surface area contributed by atoms with Gasteiger partial charge >= 0.3 is 0 Å². The second kappa shape index (κ2) is 6.58. The average Bonchev–Trinajstić information content (AvgIpc) is 2.98. The summed E-state index contributed by atoms with van der Waals surface area (Å²) in [5.74, 6) is -0.295. The minimum atomic E-state index is -0.154. The molecule has 1 heterocycles. The molecule has 0 bridgehead atoms. The van der Waals surface area contributed by atoms with Crippen LogP contribution in [0.1, 0.15) is 15.9 Å². The van der Waals surface area contributed by atoms with Crippen LogP contribution in [0.2, 0.25) is 0 Å². The molecule has 3 rings (SSSR count). The molecule has 0 saturated carbocycles. The van der Waals surface area contributed by atoms with Crippen LogP contribution in [-0.4, -0.2) is 35.8 Å². The topological polar surface area (TPSA) is 65.2 Å². The van der Waals surface area contributed by atoms with Crippen LogP contribution < -0.4 is 5.32 Å². The van der Waals surface area contributed by atoms with Crippen molar-refractivity contribution in [2.75, 3.05) is 19.4 Å². The molecular weight excluding hydrogens is 302 g/mol. The Balaban J connectivity index is 1.80. The fourth-order valence-corrected chi connectivity index (χ4v) is 2.66. The Morgan fingerprint density at radius 3 is 2.54 bits per heavy atom. The van der Waals surface area contributed by atoms with Crippen LogP contribution >= 0.6 is 0 Å². The quantitative estimate of drug-likeness (QED) is 0.775. The molecule has 2 N–H and O–H groups in total. The third kappa shape index (κ3) is 3.15. The fourth-order valence-electron chi connectivity index (χ4n) is 2.66. The van der Waals surface area contributed by atoms with Gasteiger partial charge in [0.25, 0.3) is 5.91 Å². The van der Waals surface area contributed by atoms with Crippen molar-refractivity contribution < 1.29 is 9.59 Å². The van der Waals surface area contributed by atoms with Gasteiger partial charge in [-0.05, 0) is 23.8 Å². The standard InChI is InChI=1S/C19H19N3O2/c1-22(2)19(24)15-8-4-6-10-17(15)21-18(23)11-13-12-20-16-9-5-3-7-14(13)16/h3-10,12,20H,11H2,1-2H3,(H,21,23). The molecule has 5 heteroatoms. The first-order valence-electron chi connectivity index (χ1n) is 7.72. The van der Waals surface area contributed by atoms with E-state index in [2.05, 4.69) is 10.3 Å². The van der Waals surface area contributed by atoms with Crippen molar-refractivity contribution in [1.29, 1.82) is 0 Å². The van der Waals surface area contributed by atoms with Crippen molar-refractivity contribution in [2.24, 2.45) is 0 Å². The van der Waals surface area contributed by atoms with Gasteiger partial charge in [0, 0.05) is 31.2 Å². The van der Waals surface area contributed by atoms with Crippen LogP contribution in [0.15, 0.2) is 54.7 Å². The van der Waals surface area contributed by atoms with E-state index in [0.717, 1.165) is 16.5 Å². The van der Waals surface area contributed by atoms with Gasteiger partial charge in [0.15, 0.2) is 0 Å². The molecule has 2 amide bonds. The molecule has 3 aromatic rings. The number of rotatable bonds is 4. The molecule has 0 spiro atoms. The van der Waals surface area contributed by atoms with Gasteiger partial charge in [-0.15, -0.1) is 0 Å². The van der Waals surface area contributed by atoms with E-state index in [4.69, 9.17) is 0 Å². The molecule has 2 aromatic carbocycles. The van der Waals surface area contributed by atoms with E-state index in [1.54, 1.807) is 38.4 Å². The smallest absolute Gasteiger partial charge is 0.255 e. The first kappa shape index (κ1) is 15.8. The number of fused-ring (bicyclic) bond motifs is 1. The number of aromatic amines is 1. The molecule has 0 aliphatic heterocycles. The van der Waals surface area contributed by atoms with Crippen molar-refractivity contribution in [3.05, 3.63) is 65.9 Å². The van der Waals surface area contributed by atoms with Gasteiger partial charge < -0.3 is 15.2 Å². The van der Waals surface area contributed by atoms with Crippen LogP contribution in [0.25, 0.3) is 10.9 Å². The summed E-state index contributed by atoms with van der Waals surface area (Å²) in [6.07, 6.45) is 2.09. The molecule has 0 saturated heterocycles. The number of nitrogens with zero attached hydrogens (tertiary/aromatic N) is 1. The number of benzene rings is 2. The summed E-state index contributed by atoms with van der Waals surface area (Å²) < 4.78 is 0. The van der Waals surface area contributed by atoms with Crippen molar-refractivity contribution in [2.45, 2.75) is 6.42 Å². The third-order valence-electron chi connectivity index (χ3n) is 3.86. The zero-order valence-electron chi connectivity index (χ0n) is 13.7. The molecule has 0 aliphatic carbocycles. The minimum absolute atomic E-state index is 0.141. The molecule has 0 fully saturated rings. The van der Waals surface area contributed by atoms with E-state index < -0.39 is 0 Å². The normalized spacial score (nSPS) is 10.6. The fraction of sp³-hybridized carbons (Fsp3) is 0.158. The highest BCUT2D eigenvalue weighted by Crippen LogP contribution is 2.20. The minimum Gasteiger partial charge on any atom is -0.361 e. The molecule has 1 aromatic heterocycles. The van der Waals surface area contributed by atoms with Crippen molar-refractivity contribution in [3.63, 3.8) is 0 Å². The maximum atomic E-state index is 12.4. The van der Waals surface area contributed by atoms with Gasteiger partial charge in [-0.3, -0.25) is 9.59 Å². The van der Waals surface area contributed by atoms with E-state index in [0.29, 0.717) is 11.3 Å². The number of anilines is 1. The van der Waals surface area contributed by atoms with Crippen molar-refractivity contribution in [3.8, 4) is 0 Å². The van der Waals surface area contributed by atoms with E-state index in [-0.39, 0.29) is 18.2 Å². The number of hydrogen-bond acceptors (Lipinski definition) is 2. The molecule has 0 radical (unpaired) electrons. The van der Waals surface area contributed by atoms with Crippen LogP contribution in [0.5, 0.6) is 0 Å². The summed E-state index contributed by atoms with van der Waals surface area (Å²) in [7, 11) is 3.37. The number of amides is 2. The van der Waals surface area contributed by atoms with Gasteiger partial charge in [-0.1, -0.05) is 30.3 Å². The summed E-state index contributed by atoms with van der Waals surface area (Å²) in [6, 6.07) is 14.9. The second-order valence-corrected chi connectivity index (χ2v) is 5.83. The van der Waals surface area contributed by atoms with Crippen LogP contribution in [0.4, 0.5) is 5.69 Å². The van der Waals surface area contributed by atoms with Crippen LogP contribution in [0, 0.1) is 0 Å². The number of carbonyl (C=O) groups is 2. The van der Waals surface area contributed by atoms with E-state index in [1.807, 2.05) is 30.5 Å². The summed E-state index contributed by atoms with van der Waals surface area (Å²) >= 11 is 0. The lowest BCUT2D eigenvalue weighted by molar-refractivity contribution is -0.115. The van der Waals surface area contributed by atoms with E-state index >= 15 is 0 Å². The van der Waals surface area contributed by atoms with Gasteiger partial charge in [-0.2, -0.15) is 0 Å². The Kier molecular flexibility index (Phi) is 4.33. The summed E-state index contributed by atoms with van der Waals surface area (Å²) in [5.41, 5.74) is 2.94. The zero-order chi connectivity index (χ0) is 17.1. The van der Waals surface area contributed by atoms with Crippen molar-refractivity contribution >= 4 is 28.4 Å². The van der Waals surface area contributed by atoms with E-state index in [1.165, 1.54) is 4.90 Å². The predicted octanol–water partition coefficient (Wildman–Crippen LogP) is 3.05. The molecule has 122 valence electrons. The zero-order valence-corrected chi connectivity index (χ0v) is 13.7. The Bertz CT molecular complexity index is 896. The van der Waals surface area contributed by atoms with Gasteiger partial charge in [0.2, 0.25) is 5.91 Å². The molecule has 0 unspecified atom stereocenters. The largest absolute Gasteiger partial charge is 0.361 e. The van der Waals surface area contributed by atoms with Crippen LogP contribution in [0.3, 0.4) is 0 Å². The highest BCUT2D eigenvalue weighted by molar-refractivity contribution is 6.04. The number of nitrogens with one attached hydrogen (secondary N) is 2. The lowest BCUT2D eigenvalue weighted by Gasteiger charge is -2.14. The number of carbonyl (C=O) groups excluding carboxylic acids is 2. The Labute approximate surface area is 140 Å². The molecule has 5 nitrogen and oxygen atoms in total. The second-order valence-electron chi connectivity index (χ2n) is 5.83. The monoisotopic (exact) mass is 321 g/mol. The predicted molar refractivity (Wildman–Crippen MR) is 95.1 cm³/mol. The summed E-state index contributed by atoms with van der Waals surface area (Å²) in [4.78, 5) is 29.3. The Hall–Kier alpha value is -3.08. The number of aromatic nitrogens is 1. The molecular formula is C19H19N3O2. The Morgan fingerprint density at radius 1 is 1.04 bits per heavy atom. The van der Waals surface area contributed by atoms with Gasteiger partial charge in [0.1, 0.15) is 0 Å².